The van der Waals surface area contributed by atoms with Crippen LogP contribution in [0.15, 0.2) is 41.8 Å². The van der Waals surface area contributed by atoms with Crippen molar-refractivity contribution in [3.05, 3.63) is 53.0 Å². The lowest BCUT2D eigenvalue weighted by Crippen LogP contribution is -2.42. The van der Waals surface area contributed by atoms with Gasteiger partial charge in [-0.25, -0.2) is 9.78 Å². The number of amides is 3. The molecule has 0 aliphatic carbocycles. The number of ether oxygens (including phenoxy) is 2. The average molecular weight is 498 g/mol. The summed E-state index contributed by atoms with van der Waals surface area (Å²) in [5, 5.41) is 6.63. The third-order valence-electron chi connectivity index (χ3n) is 5.06. The molecule has 3 N–H and O–H groups in total. The first-order valence-corrected chi connectivity index (χ1v) is 12.0. The van der Waals surface area contributed by atoms with E-state index in [2.05, 4.69) is 21.2 Å². The summed E-state index contributed by atoms with van der Waals surface area (Å²) >= 11 is 1.35. The van der Waals surface area contributed by atoms with Gasteiger partial charge in [0, 0.05) is 18.5 Å². The first kappa shape index (κ1) is 24.4. The molecule has 4 rings (SSSR count). The fraction of sp³-hybridized carbons (Fsp3) is 0.333. The van der Waals surface area contributed by atoms with Gasteiger partial charge in [-0.3, -0.25) is 25.8 Å². The molecule has 2 heterocycles. The van der Waals surface area contributed by atoms with Gasteiger partial charge in [0.05, 0.1) is 24.5 Å². The number of fused-ring (bicyclic) bond motifs is 1. The normalized spacial score (nSPS) is 13.9. The van der Waals surface area contributed by atoms with Crippen LogP contribution in [0, 0.1) is 0 Å². The zero-order valence-electron chi connectivity index (χ0n) is 19.7. The molecule has 0 spiro atoms. The standard InChI is InChI=1S/C24H27N5O5S/c1-24(2,3)34-23(32)26-18-13-16-7-5-4-6-15(16)12-17(18)20(30)27-28-21(31)19-14-35-22(25-19)29-8-10-33-11-9-29/h4-7,12-14H,8-11H2,1-3H3,(H,26,32)(H,27,30)(H,28,31). The summed E-state index contributed by atoms with van der Waals surface area (Å²) in [5.41, 5.74) is 4.73. The summed E-state index contributed by atoms with van der Waals surface area (Å²) in [6, 6.07) is 10.8. The van der Waals surface area contributed by atoms with Crippen molar-refractivity contribution in [1.29, 1.82) is 0 Å². The fourth-order valence-corrected chi connectivity index (χ4v) is 4.32. The lowest BCUT2D eigenvalue weighted by molar-refractivity contribution is 0.0635. The minimum Gasteiger partial charge on any atom is -0.444 e. The molecule has 3 aromatic rings. The molecule has 11 heteroatoms. The molecule has 1 aliphatic heterocycles. The number of hydrazine groups is 1. The second-order valence-electron chi connectivity index (χ2n) is 8.89. The monoisotopic (exact) mass is 497 g/mol. The van der Waals surface area contributed by atoms with Gasteiger partial charge in [-0.15, -0.1) is 11.3 Å². The predicted octanol–water partition coefficient (Wildman–Crippen LogP) is 3.55. The Balaban J connectivity index is 1.48. The molecule has 10 nitrogen and oxygen atoms in total. The van der Waals surface area contributed by atoms with E-state index in [1.165, 1.54) is 11.3 Å². The number of morpholine rings is 1. The van der Waals surface area contributed by atoms with Crippen molar-refractivity contribution < 1.29 is 23.9 Å². The Kier molecular flexibility index (Phi) is 7.17. The highest BCUT2D eigenvalue weighted by atomic mass is 32.1. The Morgan fingerprint density at radius 3 is 2.37 bits per heavy atom. The highest BCUT2D eigenvalue weighted by Gasteiger charge is 2.21. The van der Waals surface area contributed by atoms with Crippen LogP contribution in [-0.4, -0.2) is 54.8 Å². The van der Waals surface area contributed by atoms with Gasteiger partial charge in [0.2, 0.25) is 0 Å². The minimum atomic E-state index is -0.703. The summed E-state index contributed by atoms with van der Waals surface area (Å²) < 4.78 is 10.7. The number of benzene rings is 2. The number of hydrogen-bond acceptors (Lipinski definition) is 8. The largest absolute Gasteiger partial charge is 0.444 e. The van der Waals surface area contributed by atoms with Gasteiger partial charge in [-0.05, 0) is 43.7 Å². The Morgan fingerprint density at radius 1 is 1.03 bits per heavy atom. The predicted molar refractivity (Wildman–Crippen MR) is 134 cm³/mol. The molecule has 184 valence electrons. The Labute approximate surface area is 206 Å². The molecule has 1 saturated heterocycles. The van der Waals surface area contributed by atoms with Crippen LogP contribution < -0.4 is 21.1 Å². The molecule has 1 fully saturated rings. The highest BCUT2D eigenvalue weighted by molar-refractivity contribution is 7.13. The van der Waals surface area contributed by atoms with Crippen LogP contribution in [0.4, 0.5) is 15.6 Å². The van der Waals surface area contributed by atoms with Crippen molar-refractivity contribution in [2.45, 2.75) is 26.4 Å². The van der Waals surface area contributed by atoms with Crippen LogP contribution in [0.3, 0.4) is 0 Å². The molecule has 2 aromatic carbocycles. The molecule has 1 aromatic heterocycles. The van der Waals surface area contributed by atoms with Crippen LogP contribution >= 0.6 is 11.3 Å². The van der Waals surface area contributed by atoms with Gasteiger partial charge in [0.25, 0.3) is 11.8 Å². The van der Waals surface area contributed by atoms with E-state index >= 15 is 0 Å². The van der Waals surface area contributed by atoms with E-state index in [0.717, 1.165) is 15.9 Å². The number of carbonyl (C=O) groups is 3. The van der Waals surface area contributed by atoms with Crippen LogP contribution in [0.1, 0.15) is 41.6 Å². The van der Waals surface area contributed by atoms with Crippen molar-refractivity contribution in [3.63, 3.8) is 0 Å². The van der Waals surface area contributed by atoms with Gasteiger partial charge >= 0.3 is 6.09 Å². The second kappa shape index (κ2) is 10.3. The van der Waals surface area contributed by atoms with Crippen molar-refractivity contribution in [1.82, 2.24) is 15.8 Å². The third-order valence-corrected chi connectivity index (χ3v) is 5.96. The lowest BCUT2D eigenvalue weighted by atomic mass is 10.0. The van der Waals surface area contributed by atoms with Gasteiger partial charge in [-0.1, -0.05) is 24.3 Å². The first-order valence-electron chi connectivity index (χ1n) is 11.1. The van der Waals surface area contributed by atoms with E-state index in [-0.39, 0.29) is 16.9 Å². The molecule has 0 radical (unpaired) electrons. The first-order chi connectivity index (χ1) is 16.7. The summed E-state index contributed by atoms with van der Waals surface area (Å²) in [7, 11) is 0. The van der Waals surface area contributed by atoms with Gasteiger partial charge in [0.15, 0.2) is 5.13 Å². The summed E-state index contributed by atoms with van der Waals surface area (Å²) in [6.45, 7) is 7.89. The smallest absolute Gasteiger partial charge is 0.412 e. The van der Waals surface area contributed by atoms with Crippen molar-refractivity contribution in [3.8, 4) is 0 Å². The highest BCUT2D eigenvalue weighted by Crippen LogP contribution is 2.25. The van der Waals surface area contributed by atoms with Crippen molar-refractivity contribution in [2.75, 3.05) is 36.5 Å². The topological polar surface area (TPSA) is 122 Å². The number of hydrogen-bond donors (Lipinski definition) is 3. The second-order valence-corrected chi connectivity index (χ2v) is 9.73. The van der Waals surface area contributed by atoms with Crippen LogP contribution in [-0.2, 0) is 9.47 Å². The molecule has 0 saturated carbocycles. The molecule has 0 unspecified atom stereocenters. The van der Waals surface area contributed by atoms with Crippen LogP contribution in [0.25, 0.3) is 10.8 Å². The fourth-order valence-electron chi connectivity index (χ4n) is 3.46. The Morgan fingerprint density at radius 2 is 1.69 bits per heavy atom. The molecule has 35 heavy (non-hydrogen) atoms. The summed E-state index contributed by atoms with van der Waals surface area (Å²) in [5.74, 6) is -1.14. The van der Waals surface area contributed by atoms with Crippen molar-refractivity contribution in [2.24, 2.45) is 0 Å². The molecule has 0 bridgehead atoms. The van der Waals surface area contributed by atoms with E-state index in [1.54, 1.807) is 38.3 Å². The zero-order valence-corrected chi connectivity index (χ0v) is 20.5. The van der Waals surface area contributed by atoms with Gasteiger partial charge in [0.1, 0.15) is 11.3 Å². The van der Waals surface area contributed by atoms with Crippen LogP contribution in [0.2, 0.25) is 0 Å². The average Bonchev–Trinajstić information content (AvgIpc) is 3.32. The minimum absolute atomic E-state index is 0.169. The maximum Gasteiger partial charge on any atom is 0.412 e. The lowest BCUT2D eigenvalue weighted by Gasteiger charge is -2.25. The maximum absolute atomic E-state index is 13.0. The van der Waals surface area contributed by atoms with E-state index in [4.69, 9.17) is 9.47 Å². The zero-order chi connectivity index (χ0) is 25.0. The number of rotatable bonds is 4. The molecular formula is C24H27N5O5S. The van der Waals surface area contributed by atoms with Crippen molar-refractivity contribution >= 4 is 50.8 Å². The van der Waals surface area contributed by atoms with E-state index < -0.39 is 23.5 Å². The third kappa shape index (κ3) is 6.25. The number of aromatic nitrogens is 1. The van der Waals surface area contributed by atoms with E-state index in [1.807, 2.05) is 29.2 Å². The molecule has 1 aliphatic rings. The number of thiazole rings is 1. The van der Waals surface area contributed by atoms with E-state index in [0.29, 0.717) is 26.3 Å². The van der Waals surface area contributed by atoms with E-state index in [9.17, 15) is 14.4 Å². The Bertz CT molecular complexity index is 1250. The SMILES string of the molecule is CC(C)(C)OC(=O)Nc1cc2ccccc2cc1C(=O)NNC(=O)c1csc(N2CCOCC2)n1. The molecule has 3 amide bonds. The maximum atomic E-state index is 13.0. The number of nitrogens with zero attached hydrogens (tertiary/aromatic N) is 2. The molecule has 0 atom stereocenters. The van der Waals surface area contributed by atoms with Gasteiger partial charge in [-0.2, -0.15) is 0 Å². The summed E-state index contributed by atoms with van der Waals surface area (Å²) in [4.78, 5) is 44.4. The Hall–Kier alpha value is -3.70. The quantitative estimate of drug-likeness (QED) is 0.471. The number of carbonyl (C=O) groups excluding carboxylic acids is 3. The molecular weight excluding hydrogens is 470 g/mol. The van der Waals surface area contributed by atoms with Gasteiger partial charge < -0.3 is 14.4 Å². The van der Waals surface area contributed by atoms with Crippen LogP contribution in [0.5, 0.6) is 0 Å². The summed E-state index contributed by atoms with van der Waals surface area (Å²) in [6.07, 6.45) is -0.691. The number of nitrogens with one attached hydrogen (secondary N) is 3. The number of anilines is 2.